The summed E-state index contributed by atoms with van der Waals surface area (Å²) in [5.74, 6) is 2.61. The van der Waals surface area contributed by atoms with Crippen molar-refractivity contribution in [3.05, 3.63) is 120 Å². The summed E-state index contributed by atoms with van der Waals surface area (Å²) in [5.41, 5.74) is 10.8. The van der Waals surface area contributed by atoms with Crippen LogP contribution >= 0.6 is 0 Å². The zero-order valence-corrected chi connectivity index (χ0v) is 21.3. The smallest absolute Gasteiger partial charge is 0.255 e. The molecule has 0 spiro atoms. The Kier molecular flexibility index (Phi) is 7.47. The molecule has 0 aliphatic heterocycles. The summed E-state index contributed by atoms with van der Waals surface area (Å²) < 4.78 is 0. The van der Waals surface area contributed by atoms with Crippen LogP contribution in [0, 0.1) is 12.3 Å². The first-order chi connectivity index (χ1) is 19.5. The molecular formula is C32H24N6O2. The van der Waals surface area contributed by atoms with Crippen molar-refractivity contribution in [1.82, 2.24) is 9.97 Å². The molecule has 8 nitrogen and oxygen atoms in total. The van der Waals surface area contributed by atoms with Crippen LogP contribution in [-0.2, 0) is 4.79 Å². The maximum absolute atomic E-state index is 13.0. The number of hydrogen-bond acceptors (Lipinski definition) is 6. The molecule has 4 aromatic carbocycles. The molecule has 0 fully saturated rings. The molecular weight excluding hydrogens is 500 g/mol. The predicted octanol–water partition coefficient (Wildman–Crippen LogP) is 5.84. The molecule has 0 saturated carbocycles. The van der Waals surface area contributed by atoms with E-state index in [9.17, 15) is 9.59 Å². The maximum atomic E-state index is 13.0. The van der Waals surface area contributed by atoms with E-state index >= 15 is 0 Å². The summed E-state index contributed by atoms with van der Waals surface area (Å²) in [6, 6.07) is 26.9. The van der Waals surface area contributed by atoms with Crippen LogP contribution in [0.4, 0.5) is 28.6 Å². The number of nitrogen functional groups attached to an aromatic ring is 1. The highest BCUT2D eigenvalue weighted by molar-refractivity contribution is 6.06. The van der Waals surface area contributed by atoms with Crippen LogP contribution in [0.2, 0.25) is 0 Å². The molecule has 0 unspecified atom stereocenters. The molecule has 194 valence electrons. The Balaban J connectivity index is 1.28. The van der Waals surface area contributed by atoms with E-state index in [1.165, 1.54) is 12.4 Å². The minimum absolute atomic E-state index is 0.297. The molecule has 0 bridgehead atoms. The minimum atomic E-state index is -0.330. The number of fused-ring (bicyclic) bond motifs is 1. The lowest BCUT2D eigenvalue weighted by Gasteiger charge is -2.11. The first-order valence-electron chi connectivity index (χ1n) is 12.3. The molecule has 1 heterocycles. The Morgan fingerprint density at radius 1 is 0.850 bits per heavy atom. The van der Waals surface area contributed by atoms with Crippen LogP contribution in [0.25, 0.3) is 17.0 Å². The normalized spacial score (nSPS) is 10.7. The summed E-state index contributed by atoms with van der Waals surface area (Å²) >= 11 is 0. The Bertz CT molecular complexity index is 1810. The number of nitrogens with zero attached hydrogens (tertiary/aromatic N) is 2. The van der Waals surface area contributed by atoms with Crippen LogP contribution in [0.3, 0.4) is 0 Å². The molecule has 5 N–H and O–H groups in total. The fraction of sp³-hybridized carbons (Fsp3) is 0. The molecule has 1 aromatic heterocycles. The molecule has 0 saturated heterocycles. The van der Waals surface area contributed by atoms with Gasteiger partial charge in [0.05, 0.1) is 16.9 Å². The summed E-state index contributed by atoms with van der Waals surface area (Å²) in [7, 11) is 0. The van der Waals surface area contributed by atoms with Gasteiger partial charge in [0.25, 0.3) is 5.91 Å². The number of nitrogens with two attached hydrogens (primary N) is 1. The van der Waals surface area contributed by atoms with Gasteiger partial charge in [0.15, 0.2) is 0 Å². The zero-order chi connectivity index (χ0) is 27.9. The van der Waals surface area contributed by atoms with E-state index in [0.717, 1.165) is 16.6 Å². The lowest BCUT2D eigenvalue weighted by molar-refractivity contribution is -0.111. The first kappa shape index (κ1) is 25.7. The van der Waals surface area contributed by atoms with Crippen molar-refractivity contribution in [2.45, 2.75) is 0 Å². The number of para-hydroxylation sites is 2. The van der Waals surface area contributed by atoms with Gasteiger partial charge in [0.2, 0.25) is 5.91 Å². The molecule has 2 amide bonds. The summed E-state index contributed by atoms with van der Waals surface area (Å²) in [6.07, 6.45) is 9.98. The maximum Gasteiger partial charge on any atom is 0.255 e. The molecule has 40 heavy (non-hydrogen) atoms. The minimum Gasteiger partial charge on any atom is -0.397 e. The van der Waals surface area contributed by atoms with Crippen LogP contribution in [-0.4, -0.2) is 21.8 Å². The highest BCUT2D eigenvalue weighted by atomic mass is 16.2. The number of aromatic nitrogens is 2. The predicted molar refractivity (Wildman–Crippen MR) is 160 cm³/mol. The molecule has 0 radical (unpaired) electrons. The van der Waals surface area contributed by atoms with Crippen LogP contribution in [0.5, 0.6) is 0 Å². The largest absolute Gasteiger partial charge is 0.397 e. The van der Waals surface area contributed by atoms with Gasteiger partial charge in [-0.15, -0.1) is 6.42 Å². The summed E-state index contributed by atoms with van der Waals surface area (Å²) in [6.45, 7) is 0. The van der Waals surface area contributed by atoms with Gasteiger partial charge in [-0.3, -0.25) is 9.59 Å². The standard InChI is InChI=1S/C32H24N6O2/c1-2-21-7-6-10-24(18-21)36-31-26-15-14-25(19-29(26)34-20-35-31)37-32(40)23-9-5-8-22(17-23)13-16-30(39)38-28-12-4-3-11-27(28)33/h1,3-20H,33H2,(H,37,40)(H,38,39)(H,34,35,36). The second kappa shape index (κ2) is 11.6. The van der Waals surface area contributed by atoms with Gasteiger partial charge in [-0.2, -0.15) is 0 Å². The van der Waals surface area contributed by atoms with E-state index in [4.69, 9.17) is 12.2 Å². The van der Waals surface area contributed by atoms with Crippen molar-refractivity contribution >= 4 is 57.4 Å². The molecule has 8 heteroatoms. The van der Waals surface area contributed by atoms with Gasteiger partial charge < -0.3 is 21.7 Å². The quantitative estimate of drug-likeness (QED) is 0.121. The van der Waals surface area contributed by atoms with Crippen molar-refractivity contribution in [2.24, 2.45) is 0 Å². The average molecular weight is 525 g/mol. The second-order valence-corrected chi connectivity index (χ2v) is 8.79. The third-order valence-corrected chi connectivity index (χ3v) is 5.98. The van der Waals surface area contributed by atoms with Crippen molar-refractivity contribution in [3.63, 3.8) is 0 Å². The molecule has 0 aliphatic carbocycles. The van der Waals surface area contributed by atoms with Crippen molar-refractivity contribution in [3.8, 4) is 12.3 Å². The second-order valence-electron chi connectivity index (χ2n) is 8.79. The lowest BCUT2D eigenvalue weighted by atomic mass is 10.1. The van der Waals surface area contributed by atoms with E-state index < -0.39 is 0 Å². The fourth-order valence-electron chi connectivity index (χ4n) is 4.00. The highest BCUT2D eigenvalue weighted by Crippen LogP contribution is 2.26. The number of carbonyl (C=O) groups excluding carboxylic acids is 2. The Morgan fingerprint density at radius 2 is 1.70 bits per heavy atom. The van der Waals surface area contributed by atoms with Crippen molar-refractivity contribution in [2.75, 3.05) is 21.7 Å². The average Bonchev–Trinajstić information content (AvgIpc) is 2.97. The number of carbonyl (C=O) groups is 2. The zero-order valence-electron chi connectivity index (χ0n) is 21.3. The number of hydrogen-bond donors (Lipinski definition) is 4. The number of rotatable bonds is 7. The third-order valence-electron chi connectivity index (χ3n) is 5.98. The Morgan fingerprint density at radius 3 is 2.55 bits per heavy atom. The SMILES string of the molecule is C#Cc1cccc(Nc2ncnc3cc(NC(=O)c4cccc(C=CC(=O)Nc5ccccc5N)c4)ccc23)c1. The van der Waals surface area contributed by atoms with Crippen molar-refractivity contribution in [1.29, 1.82) is 0 Å². The molecule has 5 rings (SSSR count). The van der Waals surface area contributed by atoms with Gasteiger partial charge in [-0.25, -0.2) is 9.97 Å². The Hall–Kier alpha value is -5.94. The van der Waals surface area contributed by atoms with E-state index in [1.54, 1.807) is 66.7 Å². The van der Waals surface area contributed by atoms with E-state index in [-0.39, 0.29) is 11.8 Å². The summed E-state index contributed by atoms with van der Waals surface area (Å²) in [4.78, 5) is 34.0. The number of benzene rings is 4. The van der Waals surface area contributed by atoms with Gasteiger partial charge in [0, 0.05) is 34.0 Å². The topological polar surface area (TPSA) is 122 Å². The number of terminal acetylenes is 1. The molecule has 0 atom stereocenters. The number of nitrogens with one attached hydrogen (secondary N) is 3. The highest BCUT2D eigenvalue weighted by Gasteiger charge is 2.10. The van der Waals surface area contributed by atoms with Gasteiger partial charge >= 0.3 is 0 Å². The monoisotopic (exact) mass is 524 g/mol. The fourth-order valence-corrected chi connectivity index (χ4v) is 4.00. The van der Waals surface area contributed by atoms with Crippen LogP contribution in [0.1, 0.15) is 21.5 Å². The van der Waals surface area contributed by atoms with Crippen LogP contribution < -0.4 is 21.7 Å². The van der Waals surface area contributed by atoms with E-state index in [0.29, 0.717) is 39.5 Å². The first-order valence-corrected chi connectivity index (χ1v) is 12.3. The number of amides is 2. The van der Waals surface area contributed by atoms with Crippen molar-refractivity contribution < 1.29 is 9.59 Å². The van der Waals surface area contributed by atoms with E-state index in [2.05, 4.69) is 31.8 Å². The van der Waals surface area contributed by atoms with Crippen LogP contribution in [0.15, 0.2) is 103 Å². The summed E-state index contributed by atoms with van der Waals surface area (Å²) in [5, 5.41) is 9.70. The Labute approximate surface area is 231 Å². The molecule has 0 aliphatic rings. The third kappa shape index (κ3) is 6.13. The molecule has 5 aromatic rings. The van der Waals surface area contributed by atoms with Gasteiger partial charge in [0.1, 0.15) is 12.1 Å². The lowest BCUT2D eigenvalue weighted by Crippen LogP contribution is -2.12. The van der Waals surface area contributed by atoms with Gasteiger partial charge in [-0.1, -0.05) is 36.3 Å². The van der Waals surface area contributed by atoms with E-state index in [1.807, 2.05) is 30.3 Å². The number of anilines is 5. The van der Waals surface area contributed by atoms with Gasteiger partial charge in [-0.05, 0) is 72.3 Å².